The molecule has 5 heteroatoms. The average molecular weight is 405 g/mol. The summed E-state index contributed by atoms with van der Waals surface area (Å²) < 4.78 is 18.2. The van der Waals surface area contributed by atoms with Crippen LogP contribution in [0.3, 0.4) is 0 Å². The van der Waals surface area contributed by atoms with Crippen molar-refractivity contribution >= 4 is 21.7 Å². The maximum Gasteiger partial charge on any atom is 0.148 e. The molecule has 0 saturated carbocycles. The van der Waals surface area contributed by atoms with E-state index in [1.165, 1.54) is 0 Å². The van der Waals surface area contributed by atoms with Gasteiger partial charge in [0.25, 0.3) is 0 Å². The number of ether oxygens (including phenoxy) is 3. The van der Waals surface area contributed by atoms with Crippen LogP contribution >= 0.6 is 15.9 Å². The highest BCUT2D eigenvalue weighted by Gasteiger charge is 2.28. The molecular formula is C20H21BrO4. The van der Waals surface area contributed by atoms with Crippen molar-refractivity contribution in [2.45, 2.75) is 25.2 Å². The van der Waals surface area contributed by atoms with Crippen LogP contribution in [0.25, 0.3) is 5.76 Å². The zero-order chi connectivity index (χ0) is 17.6. The third-order valence-electron chi connectivity index (χ3n) is 4.14. The average Bonchev–Trinajstić information content (AvgIpc) is 2.67. The van der Waals surface area contributed by atoms with Crippen molar-refractivity contribution < 1.29 is 19.3 Å². The third-order valence-corrected chi connectivity index (χ3v) is 4.66. The molecule has 1 N–H and O–H groups in total. The number of methoxy groups -OCH3 is 1. The molecule has 2 aromatic rings. The lowest BCUT2D eigenvalue weighted by molar-refractivity contribution is -0.0692. The molecule has 4 nitrogen and oxygen atoms in total. The summed E-state index contributed by atoms with van der Waals surface area (Å²) in [6.07, 6.45) is 2.15. The molecule has 2 aromatic carbocycles. The maximum absolute atomic E-state index is 9.69. The lowest BCUT2D eigenvalue weighted by Crippen LogP contribution is -2.36. The van der Waals surface area contributed by atoms with Gasteiger partial charge in [0.15, 0.2) is 0 Å². The first kappa shape index (κ1) is 18.0. The second-order valence-corrected chi connectivity index (χ2v) is 6.77. The van der Waals surface area contributed by atoms with Gasteiger partial charge >= 0.3 is 0 Å². The monoisotopic (exact) mass is 404 g/mol. The Morgan fingerprint density at radius 3 is 2.72 bits per heavy atom. The summed E-state index contributed by atoms with van der Waals surface area (Å²) in [5, 5.41) is 9.69. The van der Waals surface area contributed by atoms with E-state index in [1.54, 1.807) is 7.11 Å². The SMILES string of the molecule is COc1cccc(CO[C@H]2CC=C(c3ccc(Br)cc3)O[C@@H]2CO)c1. The molecule has 0 fully saturated rings. The lowest BCUT2D eigenvalue weighted by Gasteiger charge is -2.31. The van der Waals surface area contributed by atoms with Gasteiger partial charge in [-0.2, -0.15) is 0 Å². The van der Waals surface area contributed by atoms with Crippen LogP contribution in [0.2, 0.25) is 0 Å². The van der Waals surface area contributed by atoms with Crippen molar-refractivity contribution in [3.63, 3.8) is 0 Å². The third kappa shape index (κ3) is 4.63. The standard InChI is InChI=1S/C20H21BrO4/c1-23-17-4-2-3-14(11-17)13-24-19-10-9-18(25-20(19)12-22)15-5-7-16(21)8-6-15/h2-9,11,19-20,22H,10,12-13H2,1H3/t19-,20+/m0/s1. The number of benzene rings is 2. The van der Waals surface area contributed by atoms with Gasteiger partial charge in [-0.05, 0) is 42.3 Å². The molecule has 1 aliphatic heterocycles. The fourth-order valence-electron chi connectivity index (χ4n) is 2.76. The van der Waals surface area contributed by atoms with Gasteiger partial charge in [0.05, 0.1) is 20.3 Å². The molecule has 0 spiro atoms. The van der Waals surface area contributed by atoms with Crippen LogP contribution in [-0.4, -0.2) is 31.0 Å². The molecule has 25 heavy (non-hydrogen) atoms. The minimum Gasteiger partial charge on any atom is -0.497 e. The Bertz CT molecular complexity index is 727. The molecule has 1 aliphatic rings. The molecule has 0 radical (unpaired) electrons. The van der Waals surface area contributed by atoms with Gasteiger partial charge in [-0.1, -0.05) is 40.2 Å². The van der Waals surface area contributed by atoms with Gasteiger partial charge < -0.3 is 19.3 Å². The van der Waals surface area contributed by atoms with E-state index < -0.39 is 0 Å². The topological polar surface area (TPSA) is 47.9 Å². The summed E-state index contributed by atoms with van der Waals surface area (Å²) in [6, 6.07) is 15.7. The quantitative estimate of drug-likeness (QED) is 0.784. The number of halogens is 1. The first-order chi connectivity index (χ1) is 12.2. The minimum atomic E-state index is -0.380. The Kier molecular flexibility index (Phi) is 6.13. The van der Waals surface area contributed by atoms with E-state index in [0.717, 1.165) is 27.1 Å². The van der Waals surface area contributed by atoms with Crippen LogP contribution in [0.1, 0.15) is 17.5 Å². The number of aliphatic hydroxyl groups excluding tert-OH is 1. The Morgan fingerprint density at radius 1 is 1.20 bits per heavy atom. The zero-order valence-corrected chi connectivity index (χ0v) is 15.6. The largest absolute Gasteiger partial charge is 0.497 e. The molecule has 0 aliphatic carbocycles. The highest BCUT2D eigenvalue weighted by molar-refractivity contribution is 9.10. The molecule has 132 valence electrons. The summed E-state index contributed by atoms with van der Waals surface area (Å²) >= 11 is 3.43. The first-order valence-electron chi connectivity index (χ1n) is 8.17. The van der Waals surface area contributed by atoms with Crippen LogP contribution in [0.15, 0.2) is 59.1 Å². The normalized spacial score (nSPS) is 19.9. The number of hydrogen-bond acceptors (Lipinski definition) is 4. The number of aliphatic hydroxyl groups is 1. The van der Waals surface area contributed by atoms with Gasteiger partial charge in [-0.15, -0.1) is 0 Å². The fraction of sp³-hybridized carbons (Fsp3) is 0.300. The molecule has 0 unspecified atom stereocenters. The lowest BCUT2D eigenvalue weighted by atomic mass is 10.0. The van der Waals surface area contributed by atoms with Crippen molar-refractivity contribution in [3.8, 4) is 5.75 Å². The Hall–Kier alpha value is -1.82. The van der Waals surface area contributed by atoms with Crippen molar-refractivity contribution in [1.29, 1.82) is 0 Å². The van der Waals surface area contributed by atoms with E-state index >= 15 is 0 Å². The molecule has 3 rings (SSSR count). The zero-order valence-electron chi connectivity index (χ0n) is 14.0. The molecule has 0 saturated heterocycles. The van der Waals surface area contributed by atoms with Gasteiger partial charge in [0, 0.05) is 10.0 Å². The van der Waals surface area contributed by atoms with E-state index in [0.29, 0.717) is 13.0 Å². The van der Waals surface area contributed by atoms with Gasteiger partial charge in [0.1, 0.15) is 23.7 Å². The Labute approximate surface area is 156 Å². The van der Waals surface area contributed by atoms with Crippen LogP contribution in [0.4, 0.5) is 0 Å². The molecule has 0 bridgehead atoms. The number of rotatable bonds is 6. The molecule has 0 aromatic heterocycles. The Balaban J connectivity index is 1.65. The van der Waals surface area contributed by atoms with Gasteiger partial charge in [-0.25, -0.2) is 0 Å². The van der Waals surface area contributed by atoms with E-state index in [2.05, 4.69) is 15.9 Å². The summed E-state index contributed by atoms with van der Waals surface area (Å²) in [6.45, 7) is 0.361. The minimum absolute atomic E-state index is 0.0867. The number of hydrogen-bond donors (Lipinski definition) is 1. The predicted octanol–water partition coefficient (Wildman–Crippen LogP) is 4.17. The molecule has 2 atom stereocenters. The summed E-state index contributed by atoms with van der Waals surface area (Å²) in [4.78, 5) is 0. The van der Waals surface area contributed by atoms with Crippen LogP contribution in [-0.2, 0) is 16.1 Å². The second-order valence-electron chi connectivity index (χ2n) is 5.85. The summed E-state index contributed by atoms with van der Waals surface area (Å²) in [5.41, 5.74) is 2.02. The van der Waals surface area contributed by atoms with Crippen molar-refractivity contribution in [2.24, 2.45) is 0 Å². The summed E-state index contributed by atoms with van der Waals surface area (Å²) in [7, 11) is 1.64. The highest BCUT2D eigenvalue weighted by atomic mass is 79.9. The maximum atomic E-state index is 9.69. The van der Waals surface area contributed by atoms with E-state index in [4.69, 9.17) is 14.2 Å². The van der Waals surface area contributed by atoms with E-state index in [-0.39, 0.29) is 18.8 Å². The van der Waals surface area contributed by atoms with E-state index in [1.807, 2.05) is 54.6 Å². The smallest absolute Gasteiger partial charge is 0.148 e. The second kappa shape index (κ2) is 8.52. The van der Waals surface area contributed by atoms with Gasteiger partial charge in [-0.3, -0.25) is 0 Å². The van der Waals surface area contributed by atoms with Crippen LogP contribution < -0.4 is 4.74 Å². The van der Waals surface area contributed by atoms with Crippen LogP contribution in [0, 0.1) is 0 Å². The molecular weight excluding hydrogens is 384 g/mol. The molecule has 0 amide bonds. The van der Waals surface area contributed by atoms with Crippen molar-refractivity contribution in [3.05, 3.63) is 70.2 Å². The summed E-state index contributed by atoms with van der Waals surface area (Å²) in [5.74, 6) is 1.59. The van der Waals surface area contributed by atoms with Crippen LogP contribution in [0.5, 0.6) is 5.75 Å². The highest BCUT2D eigenvalue weighted by Crippen LogP contribution is 2.28. The van der Waals surface area contributed by atoms with Gasteiger partial charge in [0.2, 0.25) is 0 Å². The van der Waals surface area contributed by atoms with Crippen molar-refractivity contribution in [1.82, 2.24) is 0 Å². The molecule has 1 heterocycles. The van der Waals surface area contributed by atoms with E-state index in [9.17, 15) is 5.11 Å². The fourth-order valence-corrected chi connectivity index (χ4v) is 3.02. The van der Waals surface area contributed by atoms with Crippen molar-refractivity contribution in [2.75, 3.05) is 13.7 Å². The Morgan fingerprint density at radius 2 is 2.00 bits per heavy atom. The predicted molar refractivity (Wildman–Crippen MR) is 100 cm³/mol. The first-order valence-corrected chi connectivity index (χ1v) is 8.97.